The van der Waals surface area contributed by atoms with Gasteiger partial charge in [-0.25, -0.2) is 4.79 Å². The zero-order valence-corrected chi connectivity index (χ0v) is 14.1. The molecule has 1 heterocycles. The zero-order valence-electron chi connectivity index (χ0n) is 14.1. The minimum absolute atomic E-state index is 0.0717. The molecule has 2 N–H and O–H groups in total. The first-order chi connectivity index (χ1) is 10.6. The van der Waals surface area contributed by atoms with Crippen LogP contribution in [0.3, 0.4) is 0 Å². The highest BCUT2D eigenvalue weighted by molar-refractivity contribution is 5.88. The quantitative estimate of drug-likeness (QED) is 0.816. The van der Waals surface area contributed by atoms with Gasteiger partial charge in [-0.2, -0.15) is 5.26 Å². The summed E-state index contributed by atoms with van der Waals surface area (Å²) in [5.41, 5.74) is -0.944. The molecule has 0 bridgehead atoms. The number of carboxylic acid groups (broad SMARTS) is 1. The summed E-state index contributed by atoms with van der Waals surface area (Å²) in [5, 5.41) is 21.1. The van der Waals surface area contributed by atoms with Gasteiger partial charge >= 0.3 is 6.09 Å². The molecule has 1 aliphatic heterocycles. The summed E-state index contributed by atoms with van der Waals surface area (Å²) < 4.78 is 0. The van der Waals surface area contributed by atoms with E-state index in [-0.39, 0.29) is 22.8 Å². The summed E-state index contributed by atoms with van der Waals surface area (Å²) in [6.45, 7) is 7.50. The Morgan fingerprint density at radius 3 is 2.35 bits per heavy atom. The fourth-order valence-corrected chi connectivity index (χ4v) is 4.79. The molecular formula is C17H25N3O3. The number of hydrogen-bond donors (Lipinski definition) is 2. The lowest BCUT2D eigenvalue weighted by Gasteiger charge is -2.56. The van der Waals surface area contributed by atoms with Crippen LogP contribution in [0.2, 0.25) is 0 Å². The molecule has 126 valence electrons. The van der Waals surface area contributed by atoms with E-state index >= 15 is 0 Å². The van der Waals surface area contributed by atoms with E-state index < -0.39 is 11.5 Å². The van der Waals surface area contributed by atoms with E-state index in [4.69, 9.17) is 0 Å². The van der Waals surface area contributed by atoms with Gasteiger partial charge in [0.1, 0.15) is 5.41 Å². The zero-order chi connectivity index (χ0) is 17.0. The van der Waals surface area contributed by atoms with E-state index in [0.29, 0.717) is 31.8 Å². The van der Waals surface area contributed by atoms with E-state index in [1.165, 1.54) is 0 Å². The third-order valence-electron chi connectivity index (χ3n) is 6.18. The van der Waals surface area contributed by atoms with Crippen LogP contribution in [0.25, 0.3) is 0 Å². The number of carbonyl (C=O) groups is 2. The topological polar surface area (TPSA) is 93.4 Å². The van der Waals surface area contributed by atoms with Crippen molar-refractivity contribution in [3.8, 4) is 6.07 Å². The molecule has 3 unspecified atom stereocenters. The molecule has 2 amide bonds. The third-order valence-corrected chi connectivity index (χ3v) is 6.18. The van der Waals surface area contributed by atoms with Crippen molar-refractivity contribution in [2.45, 2.75) is 52.5 Å². The molecule has 23 heavy (non-hydrogen) atoms. The average Bonchev–Trinajstić information content (AvgIpc) is 3.10. The van der Waals surface area contributed by atoms with Gasteiger partial charge in [-0.05, 0) is 37.0 Å². The Labute approximate surface area is 136 Å². The first-order valence-corrected chi connectivity index (χ1v) is 8.35. The van der Waals surface area contributed by atoms with Crippen LogP contribution in [0.5, 0.6) is 0 Å². The van der Waals surface area contributed by atoms with E-state index in [2.05, 4.69) is 32.2 Å². The Morgan fingerprint density at radius 1 is 1.30 bits per heavy atom. The minimum Gasteiger partial charge on any atom is -0.465 e. The van der Waals surface area contributed by atoms with Crippen LogP contribution in [0.15, 0.2) is 0 Å². The standard InChI is InChI=1S/C17H25N3O3/c1-15(2,3)11-4-5-17(11)10-20(8-12(17)19-14(22)23)13(21)16(9-18)6-7-16/h11-12,19H,4-8,10H2,1-3H3,(H,22,23). The fraction of sp³-hybridized carbons (Fsp3) is 0.824. The highest BCUT2D eigenvalue weighted by Crippen LogP contribution is 2.60. The summed E-state index contributed by atoms with van der Waals surface area (Å²) in [6.07, 6.45) is 2.22. The first kappa shape index (κ1) is 16.1. The number of nitrogens with one attached hydrogen (secondary N) is 1. The van der Waals surface area contributed by atoms with Crippen LogP contribution in [0.1, 0.15) is 46.5 Å². The van der Waals surface area contributed by atoms with Crippen molar-refractivity contribution in [2.24, 2.45) is 22.2 Å². The Kier molecular flexibility index (Phi) is 3.40. The van der Waals surface area contributed by atoms with Crippen molar-refractivity contribution in [2.75, 3.05) is 13.1 Å². The highest BCUT2D eigenvalue weighted by Gasteiger charge is 2.63. The van der Waals surface area contributed by atoms with E-state index in [1.807, 2.05) is 0 Å². The molecule has 6 nitrogen and oxygen atoms in total. The molecule has 1 saturated heterocycles. The second-order valence-corrected chi connectivity index (χ2v) is 8.57. The van der Waals surface area contributed by atoms with Gasteiger partial charge in [-0.3, -0.25) is 4.79 Å². The molecule has 0 aromatic heterocycles. The molecule has 3 rings (SSSR count). The molecule has 3 aliphatic rings. The molecule has 1 spiro atoms. The van der Waals surface area contributed by atoms with Gasteiger partial charge in [-0.1, -0.05) is 20.8 Å². The van der Waals surface area contributed by atoms with Crippen molar-refractivity contribution in [1.29, 1.82) is 5.26 Å². The molecule has 2 aliphatic carbocycles. The number of rotatable bonds is 2. The number of carbonyl (C=O) groups excluding carboxylic acids is 1. The van der Waals surface area contributed by atoms with Gasteiger partial charge in [0.15, 0.2) is 0 Å². The van der Waals surface area contributed by atoms with Gasteiger partial charge < -0.3 is 15.3 Å². The van der Waals surface area contributed by atoms with Crippen LogP contribution >= 0.6 is 0 Å². The third kappa shape index (κ3) is 2.37. The average molecular weight is 319 g/mol. The van der Waals surface area contributed by atoms with Crippen molar-refractivity contribution < 1.29 is 14.7 Å². The lowest BCUT2D eigenvalue weighted by atomic mass is 9.50. The lowest BCUT2D eigenvalue weighted by molar-refractivity contribution is -0.135. The lowest BCUT2D eigenvalue weighted by Crippen LogP contribution is -2.58. The number of amides is 2. The van der Waals surface area contributed by atoms with Crippen molar-refractivity contribution in [1.82, 2.24) is 10.2 Å². The molecule has 0 radical (unpaired) electrons. The number of hydrogen-bond acceptors (Lipinski definition) is 3. The van der Waals surface area contributed by atoms with Crippen LogP contribution in [0, 0.1) is 33.5 Å². The van der Waals surface area contributed by atoms with Gasteiger partial charge in [-0.15, -0.1) is 0 Å². The number of nitriles is 1. The number of nitrogens with zero attached hydrogens (tertiary/aromatic N) is 2. The number of likely N-dealkylation sites (tertiary alicyclic amines) is 1. The van der Waals surface area contributed by atoms with Crippen molar-refractivity contribution in [3.63, 3.8) is 0 Å². The largest absolute Gasteiger partial charge is 0.465 e. The second kappa shape index (κ2) is 4.86. The summed E-state index contributed by atoms with van der Waals surface area (Å²) in [7, 11) is 0. The predicted octanol–water partition coefficient (Wildman–Crippen LogP) is 2.21. The SMILES string of the molecule is CC(C)(C)C1CCC12CN(C(=O)C1(C#N)CC1)CC2NC(=O)O. The first-order valence-electron chi connectivity index (χ1n) is 8.35. The van der Waals surface area contributed by atoms with Gasteiger partial charge in [0.05, 0.1) is 12.1 Å². The van der Waals surface area contributed by atoms with Crippen molar-refractivity contribution >= 4 is 12.0 Å². The van der Waals surface area contributed by atoms with E-state index in [9.17, 15) is 20.0 Å². The van der Waals surface area contributed by atoms with Gasteiger partial charge in [0, 0.05) is 18.5 Å². The van der Waals surface area contributed by atoms with Gasteiger partial charge in [0.25, 0.3) is 0 Å². The molecule has 3 atom stereocenters. The summed E-state index contributed by atoms with van der Waals surface area (Å²) in [5.74, 6) is 0.274. The molecule has 0 aromatic carbocycles. The molecule has 6 heteroatoms. The van der Waals surface area contributed by atoms with Crippen LogP contribution in [0.4, 0.5) is 4.79 Å². The molecule has 0 aromatic rings. The second-order valence-electron chi connectivity index (χ2n) is 8.57. The van der Waals surface area contributed by atoms with E-state index in [0.717, 1.165) is 12.8 Å². The molecule has 2 saturated carbocycles. The summed E-state index contributed by atoms with van der Waals surface area (Å²) >= 11 is 0. The maximum Gasteiger partial charge on any atom is 0.404 e. The normalized spacial score (nSPS) is 34.6. The highest BCUT2D eigenvalue weighted by atomic mass is 16.4. The minimum atomic E-state index is -1.04. The molecular weight excluding hydrogens is 294 g/mol. The maximum atomic E-state index is 12.7. The van der Waals surface area contributed by atoms with Crippen LogP contribution in [-0.2, 0) is 4.79 Å². The molecule has 3 fully saturated rings. The Balaban J connectivity index is 1.85. The monoisotopic (exact) mass is 319 g/mol. The van der Waals surface area contributed by atoms with Gasteiger partial charge in [0.2, 0.25) is 5.91 Å². The Hall–Kier alpha value is -1.77. The van der Waals surface area contributed by atoms with E-state index in [1.54, 1.807) is 4.90 Å². The van der Waals surface area contributed by atoms with Crippen LogP contribution < -0.4 is 5.32 Å². The maximum absolute atomic E-state index is 12.7. The Morgan fingerprint density at radius 2 is 1.96 bits per heavy atom. The fourth-order valence-electron chi connectivity index (χ4n) is 4.79. The Bertz CT molecular complexity index is 585. The summed E-state index contributed by atoms with van der Waals surface area (Å²) in [6, 6.07) is 1.92. The van der Waals surface area contributed by atoms with Crippen molar-refractivity contribution in [3.05, 3.63) is 0 Å². The smallest absolute Gasteiger partial charge is 0.404 e. The van der Waals surface area contributed by atoms with Crippen LogP contribution in [-0.4, -0.2) is 41.1 Å². The summed E-state index contributed by atoms with van der Waals surface area (Å²) in [4.78, 5) is 25.7. The predicted molar refractivity (Wildman–Crippen MR) is 83.4 cm³/mol.